The predicted molar refractivity (Wildman–Crippen MR) is 80.8 cm³/mol. The van der Waals surface area contributed by atoms with Crippen LogP contribution in [-0.2, 0) is 9.84 Å². The van der Waals surface area contributed by atoms with Crippen molar-refractivity contribution in [3.05, 3.63) is 59.1 Å². The van der Waals surface area contributed by atoms with Crippen LogP contribution in [0.2, 0.25) is 5.02 Å². The quantitative estimate of drug-likeness (QED) is 0.793. The number of benzene rings is 2. The van der Waals surface area contributed by atoms with Gasteiger partial charge in [-0.1, -0.05) is 29.8 Å². The number of ether oxygens (including phenoxy) is 1. The van der Waals surface area contributed by atoms with Crippen LogP contribution >= 0.6 is 11.6 Å². The lowest BCUT2D eigenvalue weighted by Gasteiger charge is -2.06. The molecule has 2 aromatic carbocycles. The Balaban J connectivity index is 2.24. The summed E-state index contributed by atoms with van der Waals surface area (Å²) in [7, 11) is -2.20. The number of methoxy groups -OCH3 is 1. The van der Waals surface area contributed by atoms with Crippen molar-refractivity contribution in [2.24, 2.45) is 0 Å². The number of Topliss-reactive ketones (excluding diaryl/α,β-unsaturated/α-hetero) is 1. The molecule has 6 heteroatoms. The molecule has 0 fully saturated rings. The average Bonchev–Trinajstić information content (AvgIpc) is 2.47. The first-order chi connectivity index (χ1) is 9.94. The topological polar surface area (TPSA) is 60.4 Å². The minimum atomic E-state index is -3.66. The van der Waals surface area contributed by atoms with E-state index >= 15 is 0 Å². The van der Waals surface area contributed by atoms with E-state index in [9.17, 15) is 13.2 Å². The minimum Gasteiger partial charge on any atom is -0.495 e. The van der Waals surface area contributed by atoms with Gasteiger partial charge in [0, 0.05) is 5.56 Å². The minimum absolute atomic E-state index is 0.123. The predicted octanol–water partition coefficient (Wildman–Crippen LogP) is 3.01. The Kier molecular flexibility index (Phi) is 4.65. The largest absolute Gasteiger partial charge is 0.495 e. The van der Waals surface area contributed by atoms with Crippen LogP contribution in [0.15, 0.2) is 53.4 Å². The van der Waals surface area contributed by atoms with Crippen LogP contribution in [0.1, 0.15) is 10.4 Å². The van der Waals surface area contributed by atoms with E-state index in [1.165, 1.54) is 37.4 Å². The van der Waals surface area contributed by atoms with Crippen molar-refractivity contribution in [2.75, 3.05) is 12.9 Å². The van der Waals surface area contributed by atoms with E-state index in [-0.39, 0.29) is 15.5 Å². The second-order valence-corrected chi connectivity index (χ2v) is 6.74. The summed E-state index contributed by atoms with van der Waals surface area (Å²) >= 11 is 5.94. The fourth-order valence-corrected chi connectivity index (χ4v) is 3.31. The van der Waals surface area contributed by atoms with E-state index in [1.54, 1.807) is 18.2 Å². The molecule has 2 rings (SSSR count). The van der Waals surface area contributed by atoms with Crippen molar-refractivity contribution in [3.8, 4) is 5.75 Å². The molecule has 0 radical (unpaired) electrons. The highest BCUT2D eigenvalue weighted by Gasteiger charge is 2.20. The third kappa shape index (κ3) is 3.62. The molecule has 2 aromatic rings. The van der Waals surface area contributed by atoms with Gasteiger partial charge < -0.3 is 4.74 Å². The summed E-state index contributed by atoms with van der Waals surface area (Å²) in [5.74, 6) is -0.679. The van der Waals surface area contributed by atoms with Gasteiger partial charge in [-0.2, -0.15) is 0 Å². The molecule has 0 aliphatic rings. The average molecular weight is 325 g/mol. The van der Waals surface area contributed by atoms with Gasteiger partial charge in [0.15, 0.2) is 15.6 Å². The number of rotatable bonds is 5. The van der Waals surface area contributed by atoms with Crippen molar-refractivity contribution in [2.45, 2.75) is 4.90 Å². The first-order valence-electron chi connectivity index (χ1n) is 6.08. The molecule has 110 valence electrons. The van der Waals surface area contributed by atoms with E-state index in [0.29, 0.717) is 5.75 Å². The van der Waals surface area contributed by atoms with Crippen molar-refractivity contribution < 1.29 is 17.9 Å². The van der Waals surface area contributed by atoms with Crippen molar-refractivity contribution >= 4 is 27.2 Å². The number of carbonyl (C=O) groups excluding carboxylic acids is 1. The van der Waals surface area contributed by atoms with Crippen LogP contribution in [0.3, 0.4) is 0 Å². The first kappa shape index (κ1) is 15.5. The number of ketones is 1. The third-order valence-corrected chi connectivity index (χ3v) is 4.83. The van der Waals surface area contributed by atoms with Crippen LogP contribution in [0.5, 0.6) is 5.75 Å². The smallest absolute Gasteiger partial charge is 0.185 e. The molecule has 0 N–H and O–H groups in total. The Morgan fingerprint density at radius 1 is 1.14 bits per heavy atom. The zero-order valence-electron chi connectivity index (χ0n) is 11.2. The molecule has 21 heavy (non-hydrogen) atoms. The summed E-state index contributed by atoms with van der Waals surface area (Å²) in [4.78, 5) is 12.2. The standard InChI is InChI=1S/C15H13ClO4S/c1-20-15-8-7-11(9-13(15)16)14(17)10-21(18,19)12-5-3-2-4-6-12/h2-9H,10H2,1H3. The highest BCUT2D eigenvalue weighted by atomic mass is 35.5. The number of hydrogen-bond donors (Lipinski definition) is 0. The van der Waals surface area contributed by atoms with Crippen molar-refractivity contribution in [3.63, 3.8) is 0 Å². The van der Waals surface area contributed by atoms with Gasteiger partial charge in [-0.3, -0.25) is 4.79 Å². The molecule has 0 heterocycles. The zero-order valence-corrected chi connectivity index (χ0v) is 12.8. The van der Waals surface area contributed by atoms with Crippen molar-refractivity contribution in [1.29, 1.82) is 0 Å². The normalized spacial score (nSPS) is 11.1. The molecule has 0 saturated heterocycles. The molecule has 0 aliphatic carbocycles. The number of carbonyl (C=O) groups is 1. The SMILES string of the molecule is COc1ccc(C(=O)CS(=O)(=O)c2ccccc2)cc1Cl. The second kappa shape index (κ2) is 6.28. The molecular weight excluding hydrogens is 312 g/mol. The Bertz CT molecular complexity index is 754. The summed E-state index contributed by atoms with van der Waals surface area (Å²) in [6.07, 6.45) is 0. The molecule has 0 unspecified atom stereocenters. The molecule has 0 amide bonds. The summed E-state index contributed by atoms with van der Waals surface area (Å²) in [5, 5.41) is 0.264. The Labute approximate surface area is 128 Å². The fourth-order valence-electron chi connectivity index (χ4n) is 1.81. The highest BCUT2D eigenvalue weighted by Crippen LogP contribution is 2.25. The van der Waals surface area contributed by atoms with Crippen LogP contribution in [0, 0.1) is 0 Å². The lowest BCUT2D eigenvalue weighted by molar-refractivity contribution is 0.102. The number of hydrogen-bond acceptors (Lipinski definition) is 4. The molecule has 0 aliphatic heterocycles. The zero-order chi connectivity index (χ0) is 15.5. The van der Waals surface area contributed by atoms with E-state index in [1.807, 2.05) is 0 Å². The summed E-state index contributed by atoms with van der Waals surface area (Å²) < 4.78 is 29.3. The first-order valence-corrected chi connectivity index (χ1v) is 8.11. The summed E-state index contributed by atoms with van der Waals surface area (Å²) in [6, 6.07) is 12.3. The van der Waals surface area contributed by atoms with Gasteiger partial charge >= 0.3 is 0 Å². The Morgan fingerprint density at radius 3 is 2.38 bits per heavy atom. The van der Waals surface area contributed by atoms with Crippen LogP contribution in [-0.4, -0.2) is 27.1 Å². The fraction of sp³-hybridized carbons (Fsp3) is 0.133. The molecule has 0 spiro atoms. The molecule has 0 atom stereocenters. The third-order valence-electron chi connectivity index (χ3n) is 2.90. The highest BCUT2D eigenvalue weighted by molar-refractivity contribution is 7.92. The van der Waals surface area contributed by atoms with Crippen LogP contribution < -0.4 is 4.74 Å². The van der Waals surface area contributed by atoms with Gasteiger partial charge in [-0.15, -0.1) is 0 Å². The molecule has 0 bridgehead atoms. The molecule has 0 saturated carbocycles. The van der Waals surface area contributed by atoms with Crippen LogP contribution in [0.25, 0.3) is 0 Å². The van der Waals surface area contributed by atoms with Crippen LogP contribution in [0.4, 0.5) is 0 Å². The van der Waals surface area contributed by atoms with Crippen molar-refractivity contribution in [1.82, 2.24) is 0 Å². The van der Waals surface area contributed by atoms with Gasteiger partial charge in [0.1, 0.15) is 11.5 Å². The van der Waals surface area contributed by atoms with Gasteiger partial charge in [0.05, 0.1) is 17.0 Å². The maximum atomic E-state index is 12.1. The Morgan fingerprint density at radius 2 is 1.81 bits per heavy atom. The lowest BCUT2D eigenvalue weighted by Crippen LogP contribution is -2.16. The summed E-state index contributed by atoms with van der Waals surface area (Å²) in [5.41, 5.74) is 0.236. The van der Waals surface area contributed by atoms with E-state index in [2.05, 4.69) is 0 Å². The lowest BCUT2D eigenvalue weighted by atomic mass is 10.1. The van der Waals surface area contributed by atoms with Gasteiger partial charge in [0.2, 0.25) is 0 Å². The second-order valence-electron chi connectivity index (χ2n) is 4.34. The maximum Gasteiger partial charge on any atom is 0.185 e. The van der Waals surface area contributed by atoms with E-state index in [0.717, 1.165) is 0 Å². The molecule has 0 aromatic heterocycles. The van der Waals surface area contributed by atoms with Gasteiger partial charge in [0.25, 0.3) is 0 Å². The van der Waals surface area contributed by atoms with E-state index < -0.39 is 21.4 Å². The Hall–Kier alpha value is -1.85. The van der Waals surface area contributed by atoms with E-state index in [4.69, 9.17) is 16.3 Å². The molecule has 4 nitrogen and oxygen atoms in total. The number of sulfone groups is 1. The monoisotopic (exact) mass is 324 g/mol. The number of halogens is 1. The molecular formula is C15H13ClO4S. The van der Waals surface area contributed by atoms with Gasteiger partial charge in [-0.25, -0.2) is 8.42 Å². The maximum absolute atomic E-state index is 12.1. The van der Waals surface area contributed by atoms with Gasteiger partial charge in [-0.05, 0) is 30.3 Å². The summed E-state index contributed by atoms with van der Waals surface area (Å²) in [6.45, 7) is 0.